The molecule has 0 bridgehead atoms. The van der Waals surface area contributed by atoms with E-state index < -0.39 is 0 Å². The Balaban J connectivity index is 2.27. The van der Waals surface area contributed by atoms with Gasteiger partial charge in [-0.1, -0.05) is 0 Å². The van der Waals surface area contributed by atoms with Gasteiger partial charge in [-0.2, -0.15) is 0 Å². The van der Waals surface area contributed by atoms with Crippen molar-refractivity contribution in [2.24, 2.45) is 0 Å². The zero-order chi connectivity index (χ0) is 10.7. The average molecular weight is 227 g/mol. The van der Waals surface area contributed by atoms with Crippen LogP contribution >= 0.6 is 11.8 Å². The first-order valence-corrected chi connectivity index (χ1v) is 6.19. The molecule has 1 aromatic carbocycles. The van der Waals surface area contributed by atoms with Gasteiger partial charge in [-0.25, -0.2) is 4.39 Å². The van der Waals surface area contributed by atoms with E-state index in [4.69, 9.17) is 4.74 Å². The molecular weight excluding hydrogens is 213 g/mol. The molecule has 1 aromatic rings. The molecule has 1 fully saturated rings. The molecule has 2 nitrogen and oxygen atoms in total. The third-order valence-electron chi connectivity index (χ3n) is 2.47. The number of morpholine rings is 1. The van der Waals surface area contributed by atoms with Crippen LogP contribution in [0.3, 0.4) is 0 Å². The molecule has 1 aliphatic rings. The molecule has 0 spiro atoms. The second-order valence-electron chi connectivity index (χ2n) is 3.45. The Morgan fingerprint density at radius 1 is 1.53 bits per heavy atom. The van der Waals surface area contributed by atoms with Crippen LogP contribution in [0.15, 0.2) is 23.1 Å². The van der Waals surface area contributed by atoms with Crippen LogP contribution in [0, 0.1) is 5.82 Å². The van der Waals surface area contributed by atoms with Gasteiger partial charge < -0.3 is 10.1 Å². The highest BCUT2D eigenvalue weighted by atomic mass is 32.2. The summed E-state index contributed by atoms with van der Waals surface area (Å²) in [6, 6.07) is 4.88. The van der Waals surface area contributed by atoms with E-state index in [0.29, 0.717) is 6.61 Å². The van der Waals surface area contributed by atoms with Gasteiger partial charge in [-0.15, -0.1) is 11.8 Å². The Morgan fingerprint density at radius 2 is 2.40 bits per heavy atom. The van der Waals surface area contributed by atoms with E-state index in [1.807, 2.05) is 12.3 Å². The van der Waals surface area contributed by atoms with E-state index in [0.717, 1.165) is 23.5 Å². The summed E-state index contributed by atoms with van der Waals surface area (Å²) in [6.07, 6.45) is 1.98. The van der Waals surface area contributed by atoms with Crippen LogP contribution in [0.5, 0.6) is 0 Å². The molecule has 1 saturated heterocycles. The van der Waals surface area contributed by atoms with Crippen molar-refractivity contribution in [1.82, 2.24) is 5.32 Å². The zero-order valence-electron chi connectivity index (χ0n) is 8.63. The Morgan fingerprint density at radius 3 is 3.07 bits per heavy atom. The summed E-state index contributed by atoms with van der Waals surface area (Å²) in [5, 5.41) is 3.25. The number of thioether (sulfide) groups is 1. The second-order valence-corrected chi connectivity index (χ2v) is 4.30. The number of hydrogen-bond donors (Lipinski definition) is 1. The van der Waals surface area contributed by atoms with Crippen molar-refractivity contribution in [3.05, 3.63) is 29.6 Å². The van der Waals surface area contributed by atoms with E-state index in [9.17, 15) is 4.39 Å². The van der Waals surface area contributed by atoms with Crippen LogP contribution in [0.1, 0.15) is 11.7 Å². The van der Waals surface area contributed by atoms with E-state index >= 15 is 0 Å². The monoisotopic (exact) mass is 227 g/mol. The van der Waals surface area contributed by atoms with Crippen molar-refractivity contribution in [3.63, 3.8) is 0 Å². The van der Waals surface area contributed by atoms with Crippen LogP contribution < -0.4 is 5.32 Å². The highest BCUT2D eigenvalue weighted by Crippen LogP contribution is 2.29. The first-order valence-electron chi connectivity index (χ1n) is 4.97. The molecule has 0 saturated carbocycles. The molecule has 1 aliphatic heterocycles. The molecule has 0 radical (unpaired) electrons. The predicted octanol–water partition coefficient (Wildman–Crippen LogP) is 2.21. The van der Waals surface area contributed by atoms with Gasteiger partial charge in [0.25, 0.3) is 0 Å². The third kappa shape index (κ3) is 2.51. The number of hydrogen-bond acceptors (Lipinski definition) is 3. The van der Waals surface area contributed by atoms with Crippen LogP contribution in [0.2, 0.25) is 0 Å². The van der Waals surface area contributed by atoms with E-state index in [-0.39, 0.29) is 11.9 Å². The Hall–Kier alpha value is -0.580. The van der Waals surface area contributed by atoms with Crippen molar-refractivity contribution in [1.29, 1.82) is 0 Å². The minimum atomic E-state index is -0.197. The normalized spacial score (nSPS) is 21.6. The van der Waals surface area contributed by atoms with Crippen molar-refractivity contribution in [3.8, 4) is 0 Å². The topological polar surface area (TPSA) is 21.3 Å². The first-order chi connectivity index (χ1) is 7.31. The summed E-state index contributed by atoms with van der Waals surface area (Å²) in [5.41, 5.74) is 0.953. The Labute approximate surface area is 93.2 Å². The Kier molecular flexibility index (Phi) is 3.61. The molecular formula is C11H14FNOS. The van der Waals surface area contributed by atoms with Crippen molar-refractivity contribution in [2.75, 3.05) is 26.0 Å². The van der Waals surface area contributed by atoms with Gasteiger partial charge in [-0.05, 0) is 30.0 Å². The predicted molar refractivity (Wildman–Crippen MR) is 59.7 cm³/mol. The van der Waals surface area contributed by atoms with Crippen LogP contribution in [0.4, 0.5) is 4.39 Å². The standard InChI is InChI=1S/C11H14FNOS/c1-15-11-3-2-8(12)6-9(11)10-7-13-4-5-14-10/h2-3,6,10,13H,4-5,7H2,1H3. The number of ether oxygens (including phenoxy) is 1. The SMILES string of the molecule is CSc1ccc(F)cc1C1CNCCO1. The quantitative estimate of drug-likeness (QED) is 0.783. The van der Waals surface area contributed by atoms with Crippen LogP contribution in [0.25, 0.3) is 0 Å². The van der Waals surface area contributed by atoms with Crippen molar-refractivity contribution in [2.45, 2.75) is 11.0 Å². The maximum Gasteiger partial charge on any atom is 0.123 e. The molecule has 1 unspecified atom stereocenters. The molecule has 0 aliphatic carbocycles. The summed E-state index contributed by atoms with van der Waals surface area (Å²) in [4.78, 5) is 1.09. The summed E-state index contributed by atoms with van der Waals surface area (Å²) in [5.74, 6) is -0.197. The molecule has 15 heavy (non-hydrogen) atoms. The van der Waals surface area contributed by atoms with Gasteiger partial charge in [0.15, 0.2) is 0 Å². The smallest absolute Gasteiger partial charge is 0.123 e. The fourth-order valence-electron chi connectivity index (χ4n) is 1.72. The lowest BCUT2D eigenvalue weighted by atomic mass is 10.1. The second kappa shape index (κ2) is 4.96. The minimum Gasteiger partial charge on any atom is -0.371 e. The zero-order valence-corrected chi connectivity index (χ0v) is 9.44. The molecule has 1 atom stereocenters. The van der Waals surface area contributed by atoms with Gasteiger partial charge in [0.2, 0.25) is 0 Å². The lowest BCUT2D eigenvalue weighted by Crippen LogP contribution is -2.33. The van der Waals surface area contributed by atoms with E-state index in [1.54, 1.807) is 17.8 Å². The third-order valence-corrected chi connectivity index (χ3v) is 3.28. The summed E-state index contributed by atoms with van der Waals surface area (Å²) >= 11 is 1.62. The number of rotatable bonds is 2. The van der Waals surface area contributed by atoms with E-state index in [2.05, 4.69) is 5.32 Å². The number of nitrogens with one attached hydrogen (secondary N) is 1. The van der Waals surface area contributed by atoms with Crippen molar-refractivity contribution >= 4 is 11.8 Å². The van der Waals surface area contributed by atoms with Gasteiger partial charge in [-0.3, -0.25) is 0 Å². The van der Waals surface area contributed by atoms with Crippen molar-refractivity contribution < 1.29 is 9.13 Å². The summed E-state index contributed by atoms with van der Waals surface area (Å²) < 4.78 is 18.8. The largest absolute Gasteiger partial charge is 0.371 e. The summed E-state index contributed by atoms with van der Waals surface area (Å²) in [6.45, 7) is 2.33. The molecule has 1 N–H and O–H groups in total. The number of benzene rings is 1. The average Bonchev–Trinajstić information content (AvgIpc) is 2.30. The van der Waals surface area contributed by atoms with Gasteiger partial charge in [0.05, 0.1) is 12.7 Å². The highest BCUT2D eigenvalue weighted by Gasteiger charge is 2.19. The maximum absolute atomic E-state index is 13.2. The Bertz CT molecular complexity index is 339. The van der Waals surface area contributed by atoms with E-state index in [1.165, 1.54) is 6.07 Å². The maximum atomic E-state index is 13.2. The van der Waals surface area contributed by atoms with Gasteiger partial charge in [0, 0.05) is 18.0 Å². The molecule has 4 heteroatoms. The minimum absolute atomic E-state index is 0.0168. The molecule has 2 rings (SSSR count). The van der Waals surface area contributed by atoms with Gasteiger partial charge in [0.1, 0.15) is 5.82 Å². The highest BCUT2D eigenvalue weighted by molar-refractivity contribution is 7.98. The molecule has 1 heterocycles. The number of halogens is 1. The summed E-state index contributed by atoms with van der Waals surface area (Å²) in [7, 11) is 0. The first kappa shape index (κ1) is 10.9. The molecule has 82 valence electrons. The van der Waals surface area contributed by atoms with Gasteiger partial charge >= 0.3 is 0 Å². The lowest BCUT2D eigenvalue weighted by Gasteiger charge is -2.25. The van der Waals surface area contributed by atoms with Crippen LogP contribution in [-0.4, -0.2) is 26.0 Å². The lowest BCUT2D eigenvalue weighted by molar-refractivity contribution is 0.0259. The fraction of sp³-hybridized carbons (Fsp3) is 0.455. The molecule has 0 aromatic heterocycles. The van der Waals surface area contributed by atoms with Crippen LogP contribution in [-0.2, 0) is 4.74 Å². The fourth-order valence-corrected chi connectivity index (χ4v) is 2.35. The molecule has 0 amide bonds.